The molecule has 0 bridgehead atoms. The number of hydrogen-bond acceptors (Lipinski definition) is 4. The predicted octanol–water partition coefficient (Wildman–Crippen LogP) is 2.94. The highest BCUT2D eigenvalue weighted by Crippen LogP contribution is 2.26. The van der Waals surface area contributed by atoms with Gasteiger partial charge in [0.2, 0.25) is 0 Å². The van der Waals surface area contributed by atoms with Gasteiger partial charge in [0.1, 0.15) is 11.6 Å². The number of fused-ring (bicyclic) bond motifs is 1. The number of carbonyl (C=O) groups excluding carboxylic acids is 1. The van der Waals surface area contributed by atoms with Crippen molar-refractivity contribution in [1.82, 2.24) is 10.3 Å². The number of nitrogens with zero attached hydrogens (tertiary/aromatic N) is 2. The van der Waals surface area contributed by atoms with Crippen molar-refractivity contribution in [3.05, 3.63) is 53.2 Å². The Balaban J connectivity index is 1.40. The van der Waals surface area contributed by atoms with E-state index in [1.807, 2.05) is 30.5 Å². The van der Waals surface area contributed by atoms with Crippen LogP contribution in [0.1, 0.15) is 40.7 Å². The highest BCUT2D eigenvalue weighted by Gasteiger charge is 2.15. The van der Waals surface area contributed by atoms with Gasteiger partial charge >= 0.3 is 0 Å². The first-order valence-corrected chi connectivity index (χ1v) is 9.03. The molecule has 130 valence electrons. The fourth-order valence-corrected chi connectivity index (χ4v) is 3.48. The molecule has 5 nitrogen and oxygen atoms in total. The molecule has 25 heavy (non-hydrogen) atoms. The molecule has 0 atom stereocenters. The third kappa shape index (κ3) is 3.60. The lowest BCUT2D eigenvalue weighted by Crippen LogP contribution is -2.30. The van der Waals surface area contributed by atoms with Crippen LogP contribution in [0.3, 0.4) is 0 Å². The van der Waals surface area contributed by atoms with Gasteiger partial charge in [-0.05, 0) is 60.7 Å². The molecule has 1 N–H and O–H groups in total. The van der Waals surface area contributed by atoms with Gasteiger partial charge in [0.15, 0.2) is 0 Å². The molecule has 0 unspecified atom stereocenters. The average molecular weight is 337 g/mol. The summed E-state index contributed by atoms with van der Waals surface area (Å²) in [5.74, 6) is 1.86. The lowest BCUT2D eigenvalue weighted by atomic mass is 10.1. The predicted molar refractivity (Wildman–Crippen MR) is 97.1 cm³/mol. The Bertz CT molecular complexity index is 769. The van der Waals surface area contributed by atoms with Gasteiger partial charge in [-0.3, -0.25) is 4.79 Å². The zero-order valence-electron chi connectivity index (χ0n) is 14.3. The number of amides is 1. The highest BCUT2D eigenvalue weighted by atomic mass is 16.5. The van der Waals surface area contributed by atoms with E-state index >= 15 is 0 Å². The third-order valence-electron chi connectivity index (χ3n) is 4.89. The molecule has 1 aromatic carbocycles. The van der Waals surface area contributed by atoms with Crippen molar-refractivity contribution in [3.8, 4) is 5.75 Å². The number of pyridine rings is 1. The van der Waals surface area contributed by atoms with Crippen molar-refractivity contribution >= 4 is 11.7 Å². The summed E-state index contributed by atoms with van der Waals surface area (Å²) in [6.45, 7) is 3.35. The number of carbonyl (C=O) groups is 1. The summed E-state index contributed by atoms with van der Waals surface area (Å²) in [6, 6.07) is 9.69. The van der Waals surface area contributed by atoms with Crippen LogP contribution in [0.25, 0.3) is 0 Å². The van der Waals surface area contributed by atoms with Crippen molar-refractivity contribution in [2.45, 2.75) is 32.2 Å². The second-order valence-electron chi connectivity index (χ2n) is 6.67. The van der Waals surface area contributed by atoms with Crippen LogP contribution >= 0.6 is 0 Å². The molecule has 1 fully saturated rings. The van der Waals surface area contributed by atoms with Crippen LogP contribution in [0, 0.1) is 0 Å². The molecule has 0 saturated carbocycles. The number of aromatic nitrogens is 1. The van der Waals surface area contributed by atoms with Crippen molar-refractivity contribution in [1.29, 1.82) is 0 Å². The largest absolute Gasteiger partial charge is 0.493 e. The minimum absolute atomic E-state index is 0.0500. The molecular formula is C20H23N3O2. The molecule has 2 aromatic rings. The van der Waals surface area contributed by atoms with Crippen LogP contribution in [0.4, 0.5) is 5.82 Å². The van der Waals surface area contributed by atoms with E-state index in [1.54, 1.807) is 0 Å². The van der Waals surface area contributed by atoms with E-state index in [0.717, 1.165) is 42.2 Å². The molecule has 2 aliphatic rings. The maximum atomic E-state index is 12.4. The van der Waals surface area contributed by atoms with E-state index in [9.17, 15) is 4.79 Å². The van der Waals surface area contributed by atoms with E-state index in [2.05, 4.69) is 21.3 Å². The Morgan fingerprint density at radius 3 is 2.92 bits per heavy atom. The summed E-state index contributed by atoms with van der Waals surface area (Å²) in [7, 11) is 0. The summed E-state index contributed by atoms with van der Waals surface area (Å²) in [5.41, 5.74) is 2.88. The first kappa shape index (κ1) is 15.9. The van der Waals surface area contributed by atoms with Crippen molar-refractivity contribution in [2.24, 2.45) is 0 Å². The Morgan fingerprint density at radius 2 is 2.04 bits per heavy atom. The molecular weight excluding hydrogens is 314 g/mol. The first-order valence-electron chi connectivity index (χ1n) is 9.03. The molecule has 2 aliphatic heterocycles. The van der Waals surface area contributed by atoms with Crippen LogP contribution in [0.5, 0.6) is 5.75 Å². The fourth-order valence-electron chi connectivity index (χ4n) is 3.48. The number of nitrogens with one attached hydrogen (secondary N) is 1. The minimum atomic E-state index is -0.0500. The van der Waals surface area contributed by atoms with Crippen LogP contribution < -0.4 is 15.0 Å². The molecule has 4 rings (SSSR count). The zero-order valence-corrected chi connectivity index (χ0v) is 14.3. The topological polar surface area (TPSA) is 54.5 Å². The van der Waals surface area contributed by atoms with Gasteiger partial charge in [0.25, 0.3) is 5.91 Å². The average Bonchev–Trinajstić information content (AvgIpc) is 3.15. The third-order valence-corrected chi connectivity index (χ3v) is 4.89. The molecule has 1 saturated heterocycles. The smallest absolute Gasteiger partial charge is 0.251 e. The summed E-state index contributed by atoms with van der Waals surface area (Å²) in [5, 5.41) is 3.01. The van der Waals surface area contributed by atoms with Crippen molar-refractivity contribution in [3.63, 3.8) is 0 Å². The number of rotatable bonds is 4. The number of anilines is 1. The van der Waals surface area contributed by atoms with Crippen LogP contribution in [0.2, 0.25) is 0 Å². The van der Waals surface area contributed by atoms with Gasteiger partial charge < -0.3 is 15.0 Å². The van der Waals surface area contributed by atoms with Gasteiger partial charge in [-0.25, -0.2) is 4.98 Å². The fraction of sp³-hybridized carbons (Fsp3) is 0.400. The van der Waals surface area contributed by atoms with E-state index < -0.39 is 0 Å². The summed E-state index contributed by atoms with van der Waals surface area (Å²) < 4.78 is 5.49. The van der Waals surface area contributed by atoms with Crippen LogP contribution in [-0.4, -0.2) is 30.6 Å². The monoisotopic (exact) mass is 337 g/mol. The standard InChI is InChI=1S/C20H23N3O2/c24-20(17-4-5-18-16(13-17)7-11-25-18)22-14-15-6-8-21-19(12-15)23-9-2-1-3-10-23/h4-6,8,12-13H,1-3,7,9-11,14H2,(H,22,24). The van der Waals surface area contributed by atoms with E-state index in [4.69, 9.17) is 4.74 Å². The Hall–Kier alpha value is -2.56. The molecule has 0 aliphatic carbocycles. The maximum Gasteiger partial charge on any atom is 0.251 e. The number of piperidine rings is 1. The van der Waals surface area contributed by atoms with E-state index in [0.29, 0.717) is 18.7 Å². The SMILES string of the molecule is O=C(NCc1ccnc(N2CCCCC2)c1)c1ccc2c(c1)CCO2. The Morgan fingerprint density at radius 1 is 1.16 bits per heavy atom. The van der Waals surface area contributed by atoms with Gasteiger partial charge in [-0.1, -0.05) is 0 Å². The second-order valence-corrected chi connectivity index (χ2v) is 6.67. The summed E-state index contributed by atoms with van der Waals surface area (Å²) >= 11 is 0. The molecule has 1 amide bonds. The maximum absolute atomic E-state index is 12.4. The normalized spacial score (nSPS) is 16.2. The van der Waals surface area contributed by atoms with E-state index in [-0.39, 0.29) is 5.91 Å². The zero-order chi connectivity index (χ0) is 17.1. The summed E-state index contributed by atoms with van der Waals surface area (Å²) in [6.07, 6.45) is 6.46. The molecule has 1 aromatic heterocycles. The van der Waals surface area contributed by atoms with Gasteiger partial charge in [-0.2, -0.15) is 0 Å². The molecule has 5 heteroatoms. The van der Waals surface area contributed by atoms with Crippen LogP contribution in [0.15, 0.2) is 36.5 Å². The highest BCUT2D eigenvalue weighted by molar-refractivity contribution is 5.94. The quantitative estimate of drug-likeness (QED) is 0.932. The van der Waals surface area contributed by atoms with Crippen molar-refractivity contribution < 1.29 is 9.53 Å². The van der Waals surface area contributed by atoms with Crippen LogP contribution in [-0.2, 0) is 13.0 Å². The van der Waals surface area contributed by atoms with Gasteiger partial charge in [-0.15, -0.1) is 0 Å². The van der Waals surface area contributed by atoms with Gasteiger partial charge in [0.05, 0.1) is 6.61 Å². The Kier molecular flexibility index (Phi) is 4.55. The molecule has 0 radical (unpaired) electrons. The number of ether oxygens (including phenoxy) is 1. The van der Waals surface area contributed by atoms with E-state index in [1.165, 1.54) is 19.3 Å². The second kappa shape index (κ2) is 7.13. The summed E-state index contributed by atoms with van der Waals surface area (Å²) in [4.78, 5) is 19.2. The Labute approximate surface area is 148 Å². The first-order chi connectivity index (χ1) is 12.3. The van der Waals surface area contributed by atoms with Gasteiger partial charge in [0, 0.05) is 37.8 Å². The minimum Gasteiger partial charge on any atom is -0.493 e. The lowest BCUT2D eigenvalue weighted by Gasteiger charge is -2.27. The number of hydrogen-bond donors (Lipinski definition) is 1. The lowest BCUT2D eigenvalue weighted by molar-refractivity contribution is 0.0951. The number of benzene rings is 1. The molecule has 3 heterocycles. The molecule has 0 spiro atoms. The van der Waals surface area contributed by atoms with Crippen molar-refractivity contribution in [2.75, 3.05) is 24.6 Å².